The van der Waals surface area contributed by atoms with Gasteiger partial charge in [-0.1, -0.05) is 19.3 Å². The molecule has 0 aromatic carbocycles. The molecule has 1 aliphatic carbocycles. The molecule has 3 fully saturated rings. The summed E-state index contributed by atoms with van der Waals surface area (Å²) >= 11 is 0. The Bertz CT molecular complexity index is 745. The van der Waals surface area contributed by atoms with Crippen LogP contribution in [-0.4, -0.2) is 72.0 Å². The molecular weight excluding hydrogens is 364 g/mol. The Balaban J connectivity index is 0.000000249. The van der Waals surface area contributed by atoms with Crippen LogP contribution in [0.2, 0.25) is 0 Å². The van der Waals surface area contributed by atoms with Crippen LogP contribution in [0, 0.1) is 0 Å². The van der Waals surface area contributed by atoms with Gasteiger partial charge in [0.15, 0.2) is 5.82 Å². The molecule has 160 valence electrons. The van der Waals surface area contributed by atoms with Gasteiger partial charge in [-0.15, -0.1) is 0 Å². The Kier molecular flexibility index (Phi) is 7.35. The van der Waals surface area contributed by atoms with Crippen LogP contribution >= 0.6 is 0 Å². The molecule has 1 saturated carbocycles. The molecular formula is C22H36N6O. The summed E-state index contributed by atoms with van der Waals surface area (Å²) in [5.41, 5.74) is 2.54. The third kappa shape index (κ3) is 5.47. The van der Waals surface area contributed by atoms with E-state index in [1.165, 1.54) is 56.3 Å². The molecule has 2 N–H and O–H groups in total. The predicted octanol–water partition coefficient (Wildman–Crippen LogP) is 2.89. The van der Waals surface area contributed by atoms with Gasteiger partial charge in [0, 0.05) is 51.6 Å². The fourth-order valence-electron chi connectivity index (χ4n) is 4.64. The molecule has 2 aromatic heterocycles. The smallest absolute Gasteiger partial charge is 0.154 e. The molecule has 0 unspecified atom stereocenters. The van der Waals surface area contributed by atoms with Gasteiger partial charge in [0.05, 0.1) is 0 Å². The van der Waals surface area contributed by atoms with Crippen LogP contribution in [0.5, 0.6) is 0 Å². The van der Waals surface area contributed by atoms with Gasteiger partial charge in [-0.25, -0.2) is 9.50 Å². The van der Waals surface area contributed by atoms with Crippen molar-refractivity contribution in [1.29, 1.82) is 0 Å². The molecule has 2 saturated heterocycles. The molecule has 7 nitrogen and oxygen atoms in total. The highest BCUT2D eigenvalue weighted by Gasteiger charge is 2.22. The Labute approximate surface area is 174 Å². The summed E-state index contributed by atoms with van der Waals surface area (Å²) in [6, 6.07) is 2.77. The van der Waals surface area contributed by atoms with Gasteiger partial charge in [0.1, 0.15) is 11.8 Å². The molecule has 0 amide bonds. The van der Waals surface area contributed by atoms with Gasteiger partial charge in [-0.2, -0.15) is 5.10 Å². The Morgan fingerprint density at radius 2 is 1.83 bits per heavy atom. The van der Waals surface area contributed by atoms with E-state index in [4.69, 9.17) is 4.74 Å². The quantitative estimate of drug-likeness (QED) is 0.826. The maximum atomic E-state index is 5.51. The van der Waals surface area contributed by atoms with Crippen molar-refractivity contribution in [3.05, 3.63) is 24.2 Å². The normalized spacial score (nSPS) is 22.2. The number of hydrogen-bond donors (Lipinski definition) is 2. The van der Waals surface area contributed by atoms with Crippen LogP contribution in [0.3, 0.4) is 0 Å². The Hall–Kier alpha value is -1.70. The van der Waals surface area contributed by atoms with Gasteiger partial charge in [0.25, 0.3) is 0 Å². The number of nitrogens with one attached hydrogen (secondary N) is 2. The first-order valence-electron chi connectivity index (χ1n) is 11.4. The Morgan fingerprint density at radius 1 is 1.07 bits per heavy atom. The van der Waals surface area contributed by atoms with Gasteiger partial charge in [0.2, 0.25) is 0 Å². The minimum Gasteiger partial charge on any atom is -0.381 e. The van der Waals surface area contributed by atoms with Gasteiger partial charge in [-0.3, -0.25) is 0 Å². The van der Waals surface area contributed by atoms with E-state index >= 15 is 0 Å². The van der Waals surface area contributed by atoms with E-state index < -0.39 is 0 Å². The number of piperazine rings is 1. The number of rotatable bonds is 3. The van der Waals surface area contributed by atoms with E-state index in [0.29, 0.717) is 12.0 Å². The third-order valence-electron chi connectivity index (χ3n) is 6.43. The summed E-state index contributed by atoms with van der Waals surface area (Å²) in [4.78, 5) is 6.88. The number of hydrogen-bond acceptors (Lipinski definition) is 6. The van der Waals surface area contributed by atoms with E-state index in [0.717, 1.165) is 45.0 Å². The molecule has 2 aromatic rings. The number of ether oxygens (including phenoxy) is 1. The lowest BCUT2D eigenvalue weighted by Crippen LogP contribution is -2.40. The summed E-state index contributed by atoms with van der Waals surface area (Å²) in [7, 11) is 2.15. The largest absolute Gasteiger partial charge is 0.381 e. The summed E-state index contributed by atoms with van der Waals surface area (Å²) in [5.74, 6) is 1.57. The molecule has 2 aliphatic heterocycles. The lowest BCUT2D eigenvalue weighted by atomic mass is 9.92. The van der Waals surface area contributed by atoms with Crippen molar-refractivity contribution in [1.82, 2.24) is 24.8 Å². The molecule has 0 radical (unpaired) electrons. The first-order chi connectivity index (χ1) is 14.3. The van der Waals surface area contributed by atoms with Crippen LogP contribution in [0.25, 0.3) is 5.52 Å². The lowest BCUT2D eigenvalue weighted by molar-refractivity contribution is 0.0856. The average Bonchev–Trinajstić information content (AvgIpc) is 3.21. The first-order valence-corrected chi connectivity index (χ1v) is 11.4. The number of nitrogens with zero attached hydrogens (tertiary/aromatic N) is 4. The van der Waals surface area contributed by atoms with Crippen molar-refractivity contribution >= 4 is 11.3 Å². The lowest BCUT2D eigenvalue weighted by Gasteiger charge is -2.25. The fourth-order valence-corrected chi connectivity index (χ4v) is 4.64. The van der Waals surface area contributed by atoms with Gasteiger partial charge in [-0.05, 0) is 50.3 Å². The van der Waals surface area contributed by atoms with Crippen LogP contribution in [-0.2, 0) is 4.74 Å². The molecule has 7 heteroatoms. The van der Waals surface area contributed by atoms with E-state index in [9.17, 15) is 0 Å². The molecule has 5 rings (SSSR count). The minimum absolute atomic E-state index is 0.560. The third-order valence-corrected chi connectivity index (χ3v) is 6.43. The monoisotopic (exact) mass is 400 g/mol. The van der Waals surface area contributed by atoms with Crippen molar-refractivity contribution in [2.75, 3.05) is 51.8 Å². The highest BCUT2D eigenvalue weighted by atomic mass is 16.5. The predicted molar refractivity (Wildman–Crippen MR) is 117 cm³/mol. The minimum atomic E-state index is 0.560. The molecule has 0 spiro atoms. The van der Waals surface area contributed by atoms with Crippen LogP contribution in [0.15, 0.2) is 18.6 Å². The van der Waals surface area contributed by atoms with Crippen molar-refractivity contribution in [2.24, 2.45) is 0 Å². The van der Waals surface area contributed by atoms with E-state index in [1.807, 2.05) is 4.52 Å². The maximum absolute atomic E-state index is 5.51. The summed E-state index contributed by atoms with van der Waals surface area (Å²) in [5, 5.41) is 11.3. The van der Waals surface area contributed by atoms with E-state index in [2.05, 4.69) is 44.9 Å². The van der Waals surface area contributed by atoms with Crippen molar-refractivity contribution in [3.8, 4) is 0 Å². The van der Waals surface area contributed by atoms with Crippen molar-refractivity contribution in [2.45, 2.75) is 56.9 Å². The summed E-state index contributed by atoms with van der Waals surface area (Å²) in [6.45, 7) is 6.47. The van der Waals surface area contributed by atoms with Crippen LogP contribution in [0.1, 0.15) is 56.4 Å². The standard InChI is InChI=1S/C17H24N4O.C5H12N2/c1-2-4-14(5-3-1)20-17-16-15(13-7-10-22-11-8-13)6-9-21(16)19-12-18-17;1-7-4-2-6-3-5-7/h6,9,12-14H,1-5,7-8,10-11H2,(H,18,19,20);6H,2-5H2,1H3. The highest BCUT2D eigenvalue weighted by molar-refractivity contribution is 5.73. The molecule has 29 heavy (non-hydrogen) atoms. The van der Waals surface area contributed by atoms with Crippen LogP contribution < -0.4 is 10.6 Å². The maximum Gasteiger partial charge on any atom is 0.154 e. The second-order valence-corrected chi connectivity index (χ2v) is 8.59. The molecule has 0 atom stereocenters. The second-order valence-electron chi connectivity index (χ2n) is 8.59. The van der Waals surface area contributed by atoms with E-state index in [1.54, 1.807) is 6.33 Å². The van der Waals surface area contributed by atoms with Gasteiger partial charge >= 0.3 is 0 Å². The average molecular weight is 401 g/mol. The zero-order valence-corrected chi connectivity index (χ0v) is 17.8. The number of likely N-dealkylation sites (N-methyl/N-ethyl adjacent to an activating group) is 1. The van der Waals surface area contributed by atoms with E-state index in [-0.39, 0.29) is 0 Å². The zero-order chi connectivity index (χ0) is 19.9. The van der Waals surface area contributed by atoms with Crippen molar-refractivity contribution in [3.63, 3.8) is 0 Å². The number of aromatic nitrogens is 3. The van der Waals surface area contributed by atoms with Gasteiger partial charge < -0.3 is 20.3 Å². The second kappa shape index (κ2) is 10.4. The molecule has 3 aliphatic rings. The number of fused-ring (bicyclic) bond motifs is 1. The van der Waals surface area contributed by atoms with Crippen molar-refractivity contribution < 1.29 is 4.74 Å². The highest BCUT2D eigenvalue weighted by Crippen LogP contribution is 2.33. The SMILES string of the molecule is CN1CCNCC1.c1nc(NC2CCCCC2)c2c(C3CCOCC3)ccn2n1. The summed E-state index contributed by atoms with van der Waals surface area (Å²) < 4.78 is 7.48. The molecule has 4 heterocycles. The Morgan fingerprint density at radius 3 is 2.52 bits per heavy atom. The molecule has 0 bridgehead atoms. The zero-order valence-electron chi connectivity index (χ0n) is 17.8. The summed E-state index contributed by atoms with van der Waals surface area (Å²) in [6.07, 6.45) is 12.4. The topological polar surface area (TPSA) is 66.7 Å². The van der Waals surface area contributed by atoms with Crippen LogP contribution in [0.4, 0.5) is 5.82 Å². The number of anilines is 1. The first kappa shape index (κ1) is 20.6. The fraction of sp³-hybridized carbons (Fsp3) is 0.727.